The summed E-state index contributed by atoms with van der Waals surface area (Å²) in [4.78, 5) is 28.5. The molecule has 16 heteroatoms. The second kappa shape index (κ2) is 14.9. The second-order valence-electron chi connectivity index (χ2n) is 9.02. The molecule has 2 fully saturated rings. The molecule has 0 amide bonds. The lowest BCUT2D eigenvalue weighted by Gasteiger charge is -2.50. The molecule has 228 valence electrons. The molecule has 2 N–H and O–H groups in total. The van der Waals surface area contributed by atoms with Gasteiger partial charge < -0.3 is 24.4 Å². The fraction of sp³-hybridized carbons (Fsp3) is 0.520. The maximum absolute atomic E-state index is 10.6. The Bertz CT molecular complexity index is 1090. The van der Waals surface area contributed by atoms with Crippen molar-refractivity contribution in [1.82, 2.24) is 14.9 Å². The molecule has 2 aliphatic rings. The molecular formula is C25H29F6N3O7. The normalized spacial score (nSPS) is 17.9. The number of methoxy groups -OCH3 is 1. The molecule has 0 bridgehead atoms. The van der Waals surface area contributed by atoms with E-state index in [2.05, 4.69) is 20.9 Å². The third-order valence-corrected chi connectivity index (χ3v) is 6.13. The summed E-state index contributed by atoms with van der Waals surface area (Å²) in [5, 5.41) is 14.2. The first-order valence-electron chi connectivity index (χ1n) is 12.1. The molecule has 2 saturated heterocycles. The van der Waals surface area contributed by atoms with Crippen LogP contribution in [0.25, 0.3) is 0 Å². The summed E-state index contributed by atoms with van der Waals surface area (Å²) in [5.41, 5.74) is 2.31. The highest BCUT2D eigenvalue weighted by atomic mass is 19.4. The number of likely N-dealkylation sites (tertiary alicyclic amines) is 1. The van der Waals surface area contributed by atoms with E-state index in [1.54, 1.807) is 25.7 Å². The highest BCUT2D eigenvalue weighted by Crippen LogP contribution is 2.42. The number of carboxylic acids is 2. The van der Waals surface area contributed by atoms with Crippen LogP contribution in [0.3, 0.4) is 0 Å². The predicted molar refractivity (Wildman–Crippen MR) is 129 cm³/mol. The van der Waals surface area contributed by atoms with Gasteiger partial charge in [-0.2, -0.15) is 26.3 Å². The fourth-order valence-corrected chi connectivity index (χ4v) is 4.23. The third kappa shape index (κ3) is 10.8. The number of aromatic nitrogens is 2. The monoisotopic (exact) mass is 597 g/mol. The van der Waals surface area contributed by atoms with Gasteiger partial charge in [-0.15, -0.1) is 0 Å². The molecule has 41 heavy (non-hydrogen) atoms. The van der Waals surface area contributed by atoms with Crippen LogP contribution in [-0.2, 0) is 32.2 Å². The Balaban J connectivity index is 0.000000349. The Morgan fingerprint density at radius 2 is 1.63 bits per heavy atom. The van der Waals surface area contributed by atoms with E-state index in [4.69, 9.17) is 34.0 Å². The van der Waals surface area contributed by atoms with Gasteiger partial charge in [-0.1, -0.05) is 6.07 Å². The predicted octanol–water partition coefficient (Wildman–Crippen LogP) is 3.95. The summed E-state index contributed by atoms with van der Waals surface area (Å²) in [5.74, 6) is -4.23. The van der Waals surface area contributed by atoms with E-state index in [1.807, 2.05) is 18.2 Å². The van der Waals surface area contributed by atoms with E-state index >= 15 is 0 Å². The Morgan fingerprint density at radius 1 is 1.05 bits per heavy atom. The molecule has 0 saturated carbocycles. The van der Waals surface area contributed by atoms with Crippen molar-refractivity contribution in [3.63, 3.8) is 0 Å². The van der Waals surface area contributed by atoms with Crippen molar-refractivity contribution in [3.05, 3.63) is 54.0 Å². The standard InChI is InChI=1S/C21H27N3O3.2C2HF3O2/c1-25-20-18(3-2-8-23-20)13-24-15-21(16-24)19(7-12-27-21)6-11-26-14-17-4-9-22-10-5-17;2*3-2(4,5)1(6)7/h2-5,8-10,19H,6-7,11-16H2,1H3;2*(H,6,7). The molecule has 0 radical (unpaired) electrons. The number of nitrogens with zero attached hydrogens (tertiary/aromatic N) is 3. The van der Waals surface area contributed by atoms with Gasteiger partial charge in [-0.05, 0) is 42.5 Å². The summed E-state index contributed by atoms with van der Waals surface area (Å²) >= 11 is 0. The van der Waals surface area contributed by atoms with Crippen molar-refractivity contribution in [1.29, 1.82) is 0 Å². The first-order chi connectivity index (χ1) is 19.2. The molecule has 0 aromatic carbocycles. The Kier molecular flexibility index (Phi) is 12.3. The molecule has 2 aromatic rings. The SMILES string of the molecule is COc1ncccc1CN1CC2(C1)OCCC2CCOCc1ccncc1.O=C(O)C(F)(F)F.O=C(O)C(F)(F)F. The largest absolute Gasteiger partial charge is 0.490 e. The lowest BCUT2D eigenvalue weighted by molar-refractivity contribution is -0.193. The van der Waals surface area contributed by atoms with Crippen molar-refractivity contribution in [3.8, 4) is 5.88 Å². The zero-order chi connectivity index (χ0) is 30.7. The van der Waals surface area contributed by atoms with Gasteiger partial charge in [0, 0.05) is 57.0 Å². The summed E-state index contributed by atoms with van der Waals surface area (Å²) in [6.07, 6.45) is -2.61. The Labute approximate surface area is 230 Å². The van der Waals surface area contributed by atoms with E-state index in [0.29, 0.717) is 18.4 Å². The smallest absolute Gasteiger partial charge is 0.481 e. The summed E-state index contributed by atoms with van der Waals surface area (Å²) in [7, 11) is 1.67. The molecule has 2 aliphatic heterocycles. The van der Waals surface area contributed by atoms with E-state index in [1.165, 1.54) is 5.56 Å². The van der Waals surface area contributed by atoms with Crippen molar-refractivity contribution in [2.24, 2.45) is 5.92 Å². The maximum Gasteiger partial charge on any atom is 0.490 e. The first-order valence-corrected chi connectivity index (χ1v) is 12.1. The molecule has 4 heterocycles. The molecule has 10 nitrogen and oxygen atoms in total. The van der Waals surface area contributed by atoms with Crippen LogP contribution in [0.15, 0.2) is 42.9 Å². The lowest BCUT2D eigenvalue weighted by atomic mass is 9.79. The number of rotatable bonds is 8. The van der Waals surface area contributed by atoms with Crippen LogP contribution in [0.2, 0.25) is 0 Å². The Morgan fingerprint density at radius 3 is 2.17 bits per heavy atom. The topological polar surface area (TPSA) is 131 Å². The van der Waals surface area contributed by atoms with Crippen molar-refractivity contribution in [2.75, 3.05) is 33.4 Å². The molecule has 0 aliphatic carbocycles. The molecule has 2 aromatic heterocycles. The number of carbonyl (C=O) groups is 2. The van der Waals surface area contributed by atoms with Gasteiger partial charge in [0.2, 0.25) is 5.88 Å². The Hall–Kier alpha value is -3.50. The minimum atomic E-state index is -5.08. The number of halogens is 6. The highest BCUT2D eigenvalue weighted by molar-refractivity contribution is 5.73. The molecule has 4 rings (SSSR count). The number of ether oxygens (including phenoxy) is 3. The van der Waals surface area contributed by atoms with Crippen LogP contribution in [0, 0.1) is 5.92 Å². The number of carboxylic acid groups (broad SMARTS) is 2. The van der Waals surface area contributed by atoms with Gasteiger partial charge in [-0.25, -0.2) is 14.6 Å². The first kappa shape index (κ1) is 33.7. The van der Waals surface area contributed by atoms with Crippen LogP contribution >= 0.6 is 0 Å². The van der Waals surface area contributed by atoms with Crippen molar-refractivity contribution < 1.29 is 60.4 Å². The average molecular weight is 598 g/mol. The fourth-order valence-electron chi connectivity index (χ4n) is 4.23. The van der Waals surface area contributed by atoms with E-state index in [9.17, 15) is 26.3 Å². The highest BCUT2D eigenvalue weighted by Gasteiger charge is 2.52. The number of pyridine rings is 2. The zero-order valence-corrected chi connectivity index (χ0v) is 21.8. The second-order valence-corrected chi connectivity index (χ2v) is 9.02. The number of hydrogen-bond acceptors (Lipinski definition) is 8. The average Bonchev–Trinajstić information content (AvgIpc) is 3.31. The van der Waals surface area contributed by atoms with Crippen LogP contribution in [0.4, 0.5) is 26.3 Å². The quantitative estimate of drug-likeness (QED) is 0.341. The zero-order valence-electron chi connectivity index (χ0n) is 21.8. The van der Waals surface area contributed by atoms with Gasteiger partial charge in [0.05, 0.1) is 19.3 Å². The van der Waals surface area contributed by atoms with Crippen LogP contribution in [-0.4, -0.2) is 88.4 Å². The van der Waals surface area contributed by atoms with Gasteiger partial charge in [-0.3, -0.25) is 9.88 Å². The molecule has 1 spiro atoms. The summed E-state index contributed by atoms with van der Waals surface area (Å²) < 4.78 is 80.9. The molecule has 1 unspecified atom stereocenters. The van der Waals surface area contributed by atoms with Crippen LogP contribution < -0.4 is 4.74 Å². The van der Waals surface area contributed by atoms with Crippen molar-refractivity contribution >= 4 is 11.9 Å². The van der Waals surface area contributed by atoms with Gasteiger partial charge in [0.25, 0.3) is 0 Å². The minimum absolute atomic E-state index is 0.00940. The van der Waals surface area contributed by atoms with E-state index in [-0.39, 0.29) is 5.60 Å². The summed E-state index contributed by atoms with van der Waals surface area (Å²) in [6, 6.07) is 8.03. The van der Waals surface area contributed by atoms with Crippen LogP contribution in [0.1, 0.15) is 24.0 Å². The molecule has 1 atom stereocenters. The lowest BCUT2D eigenvalue weighted by Crippen LogP contribution is -2.64. The molecular weight excluding hydrogens is 568 g/mol. The van der Waals surface area contributed by atoms with E-state index < -0.39 is 24.3 Å². The minimum Gasteiger partial charge on any atom is -0.481 e. The van der Waals surface area contributed by atoms with Gasteiger partial charge in [0.15, 0.2) is 0 Å². The van der Waals surface area contributed by atoms with Gasteiger partial charge in [0.1, 0.15) is 0 Å². The van der Waals surface area contributed by atoms with Gasteiger partial charge >= 0.3 is 24.3 Å². The maximum atomic E-state index is 10.6. The van der Waals surface area contributed by atoms with E-state index in [0.717, 1.165) is 51.3 Å². The number of alkyl halides is 6. The number of hydrogen-bond donors (Lipinski definition) is 2. The van der Waals surface area contributed by atoms with Crippen LogP contribution in [0.5, 0.6) is 5.88 Å². The summed E-state index contributed by atoms with van der Waals surface area (Å²) in [6.45, 7) is 5.08. The third-order valence-electron chi connectivity index (χ3n) is 6.13. The number of aliphatic carboxylic acids is 2. The van der Waals surface area contributed by atoms with Crippen molar-refractivity contribution in [2.45, 2.75) is 43.9 Å².